The summed E-state index contributed by atoms with van der Waals surface area (Å²) in [5, 5.41) is 0. The fourth-order valence-electron chi connectivity index (χ4n) is 4.81. The Morgan fingerprint density at radius 2 is 0.800 bits per heavy atom. The molecule has 40 heavy (non-hydrogen) atoms. The van der Waals surface area contributed by atoms with Crippen LogP contribution >= 0.6 is 0 Å². The van der Waals surface area contributed by atoms with Crippen LogP contribution in [0, 0.1) is 0 Å². The summed E-state index contributed by atoms with van der Waals surface area (Å²) in [4.78, 5) is 22.9. The lowest BCUT2D eigenvalue weighted by Gasteiger charge is -2.20. The Bertz CT molecular complexity index is 943. The highest BCUT2D eigenvalue weighted by molar-refractivity contribution is 5.80. The third-order valence-corrected chi connectivity index (χ3v) is 7.56. The van der Waals surface area contributed by atoms with E-state index in [1.807, 2.05) is 24.3 Å². The van der Waals surface area contributed by atoms with Crippen molar-refractivity contribution in [3.05, 3.63) is 58.7 Å². The molecule has 0 fully saturated rings. The van der Waals surface area contributed by atoms with Gasteiger partial charge in [0.15, 0.2) is 12.6 Å². The van der Waals surface area contributed by atoms with E-state index < -0.39 is 0 Å². The largest absolute Gasteiger partial charge is 0.493 e. The lowest BCUT2D eigenvalue weighted by Crippen LogP contribution is -2.12. The first kappa shape index (κ1) is 33.6. The van der Waals surface area contributed by atoms with Crippen molar-refractivity contribution in [1.82, 2.24) is 0 Å². The normalized spacial score (nSPS) is 11.8. The van der Waals surface area contributed by atoms with E-state index in [1.54, 1.807) is 0 Å². The number of hydrogen-bond acceptors (Lipinski definition) is 4. The Kier molecular flexibility index (Phi) is 14.5. The zero-order valence-corrected chi connectivity index (χ0v) is 26.2. The molecule has 4 nitrogen and oxygen atoms in total. The van der Waals surface area contributed by atoms with Crippen LogP contribution in [0.2, 0.25) is 0 Å². The summed E-state index contributed by atoms with van der Waals surface area (Å²) in [6, 6.07) is 11.9. The molecule has 0 aliphatic carbocycles. The molecule has 4 heteroatoms. The van der Waals surface area contributed by atoms with Gasteiger partial charge < -0.3 is 9.47 Å². The summed E-state index contributed by atoms with van der Waals surface area (Å²) in [5.41, 5.74) is 3.65. The van der Waals surface area contributed by atoms with Crippen molar-refractivity contribution in [1.29, 1.82) is 0 Å². The van der Waals surface area contributed by atoms with Crippen LogP contribution in [0.3, 0.4) is 0 Å². The second-order valence-corrected chi connectivity index (χ2v) is 13.2. The Hall–Kier alpha value is -2.62. The third-order valence-electron chi connectivity index (χ3n) is 7.56. The second kappa shape index (κ2) is 17.3. The van der Waals surface area contributed by atoms with E-state index in [0.717, 1.165) is 36.5 Å². The summed E-state index contributed by atoms with van der Waals surface area (Å²) in [6.45, 7) is 14.2. The van der Waals surface area contributed by atoms with E-state index in [4.69, 9.17) is 9.47 Å². The van der Waals surface area contributed by atoms with Gasteiger partial charge in [-0.3, -0.25) is 9.59 Å². The maximum atomic E-state index is 11.5. The number of hydrogen-bond donors (Lipinski definition) is 0. The molecular formula is C36H54O4. The van der Waals surface area contributed by atoms with Crippen molar-refractivity contribution < 1.29 is 19.1 Å². The predicted molar refractivity (Wildman–Crippen MR) is 167 cm³/mol. The molecule has 0 atom stereocenters. The summed E-state index contributed by atoms with van der Waals surface area (Å²) >= 11 is 0. The average molecular weight is 551 g/mol. The molecule has 0 unspecified atom stereocenters. The molecule has 0 saturated carbocycles. The second-order valence-electron chi connectivity index (χ2n) is 13.2. The molecule has 0 bridgehead atoms. The van der Waals surface area contributed by atoms with Crippen LogP contribution in [0.1, 0.15) is 150 Å². The predicted octanol–water partition coefficient (Wildman–Crippen LogP) is 10.0. The molecule has 0 spiro atoms. The molecule has 0 heterocycles. The Labute approximate surface area is 244 Å². The quantitative estimate of drug-likeness (QED) is 0.129. The van der Waals surface area contributed by atoms with Crippen molar-refractivity contribution in [3.63, 3.8) is 0 Å². The van der Waals surface area contributed by atoms with Crippen molar-refractivity contribution in [3.8, 4) is 11.5 Å². The highest BCUT2D eigenvalue weighted by Crippen LogP contribution is 2.28. The molecule has 0 aliphatic heterocycles. The van der Waals surface area contributed by atoms with Crippen LogP contribution < -0.4 is 9.47 Å². The van der Waals surface area contributed by atoms with Crippen LogP contribution in [0.4, 0.5) is 0 Å². The highest BCUT2D eigenvalue weighted by Gasteiger charge is 2.17. The summed E-state index contributed by atoms with van der Waals surface area (Å²) in [7, 11) is 0. The topological polar surface area (TPSA) is 52.6 Å². The van der Waals surface area contributed by atoms with Gasteiger partial charge in [-0.2, -0.15) is 0 Å². The van der Waals surface area contributed by atoms with Gasteiger partial charge in [0.2, 0.25) is 0 Å². The van der Waals surface area contributed by atoms with E-state index in [1.165, 1.54) is 64.2 Å². The van der Waals surface area contributed by atoms with Gasteiger partial charge in [-0.05, 0) is 59.1 Å². The highest BCUT2D eigenvalue weighted by atomic mass is 16.5. The van der Waals surface area contributed by atoms with Crippen molar-refractivity contribution in [2.75, 3.05) is 13.2 Å². The van der Waals surface area contributed by atoms with Crippen molar-refractivity contribution >= 4 is 12.6 Å². The molecule has 0 amide bonds. The molecule has 2 rings (SSSR count). The summed E-state index contributed by atoms with van der Waals surface area (Å²) in [6.07, 6.45) is 16.5. The first-order valence-corrected chi connectivity index (χ1v) is 15.5. The lowest BCUT2D eigenvalue weighted by atomic mass is 9.86. The van der Waals surface area contributed by atoms with Crippen LogP contribution in [-0.4, -0.2) is 25.8 Å². The molecule has 0 aliphatic rings. The van der Waals surface area contributed by atoms with Crippen LogP contribution in [0.25, 0.3) is 0 Å². The molecule has 0 radical (unpaired) electrons. The monoisotopic (exact) mass is 550 g/mol. The molecule has 0 aromatic heterocycles. The molecule has 2 aromatic carbocycles. The van der Waals surface area contributed by atoms with Crippen LogP contribution in [-0.2, 0) is 10.8 Å². The minimum Gasteiger partial charge on any atom is -0.493 e. The third kappa shape index (κ3) is 12.3. The van der Waals surface area contributed by atoms with E-state index in [2.05, 4.69) is 53.7 Å². The first-order chi connectivity index (χ1) is 19.1. The Balaban J connectivity index is 1.43. The number of carbonyl (C=O) groups is 2. The number of ether oxygens (including phenoxy) is 2. The van der Waals surface area contributed by atoms with Gasteiger partial charge in [0, 0.05) is 0 Å². The van der Waals surface area contributed by atoms with Gasteiger partial charge in [0.25, 0.3) is 0 Å². The standard InChI is InChI=1S/C36H54O4/c1-35(2,3)31-19-21-33(29(25-31)27-37)39-23-17-15-13-11-9-7-8-10-12-14-16-18-24-40-34-22-20-32(36(4,5)6)26-30(34)28-38/h19-22,25-28H,7-18,23-24H2,1-6H3. The molecule has 2 aromatic rings. The van der Waals surface area contributed by atoms with Gasteiger partial charge in [0.1, 0.15) is 11.5 Å². The van der Waals surface area contributed by atoms with Gasteiger partial charge in [-0.1, -0.05) is 118 Å². The fourth-order valence-corrected chi connectivity index (χ4v) is 4.81. The van der Waals surface area contributed by atoms with Gasteiger partial charge in [-0.15, -0.1) is 0 Å². The van der Waals surface area contributed by atoms with E-state index in [0.29, 0.717) is 35.8 Å². The van der Waals surface area contributed by atoms with Gasteiger partial charge in [0.05, 0.1) is 24.3 Å². The number of benzene rings is 2. The SMILES string of the molecule is CC(C)(C)c1ccc(OCCCCCCCCCCCCCCOc2ccc(C(C)(C)C)cc2C=O)c(C=O)c1. The number of unbranched alkanes of at least 4 members (excludes halogenated alkanes) is 11. The van der Waals surface area contributed by atoms with Gasteiger partial charge in [-0.25, -0.2) is 0 Å². The molecule has 222 valence electrons. The Morgan fingerprint density at radius 3 is 1.07 bits per heavy atom. The number of aldehydes is 2. The van der Waals surface area contributed by atoms with Crippen molar-refractivity contribution in [2.24, 2.45) is 0 Å². The van der Waals surface area contributed by atoms with Crippen molar-refractivity contribution in [2.45, 2.75) is 129 Å². The number of rotatable bonds is 19. The van der Waals surface area contributed by atoms with E-state index in [-0.39, 0.29) is 10.8 Å². The minimum absolute atomic E-state index is 0.0236. The maximum Gasteiger partial charge on any atom is 0.153 e. The minimum atomic E-state index is 0.0236. The zero-order chi connectivity index (χ0) is 29.4. The fraction of sp³-hybridized carbons (Fsp3) is 0.611. The van der Waals surface area contributed by atoms with E-state index >= 15 is 0 Å². The van der Waals surface area contributed by atoms with Crippen LogP contribution in [0.15, 0.2) is 36.4 Å². The summed E-state index contributed by atoms with van der Waals surface area (Å²) in [5.74, 6) is 1.40. The maximum absolute atomic E-state index is 11.5. The smallest absolute Gasteiger partial charge is 0.153 e. The Morgan fingerprint density at radius 1 is 0.500 bits per heavy atom. The molecule has 0 saturated heterocycles. The van der Waals surface area contributed by atoms with Crippen LogP contribution in [0.5, 0.6) is 11.5 Å². The summed E-state index contributed by atoms with van der Waals surface area (Å²) < 4.78 is 11.8. The zero-order valence-electron chi connectivity index (χ0n) is 26.2. The molecular weight excluding hydrogens is 496 g/mol. The van der Waals surface area contributed by atoms with Gasteiger partial charge >= 0.3 is 0 Å². The lowest BCUT2D eigenvalue weighted by molar-refractivity contribution is 0.111. The first-order valence-electron chi connectivity index (χ1n) is 15.5. The van der Waals surface area contributed by atoms with E-state index in [9.17, 15) is 9.59 Å². The average Bonchev–Trinajstić information content (AvgIpc) is 2.91. The molecule has 0 N–H and O–H groups in total. The number of carbonyl (C=O) groups excluding carboxylic acids is 2.